The Morgan fingerprint density at radius 1 is 1.14 bits per heavy atom. The van der Waals surface area contributed by atoms with Crippen LogP contribution in [0.1, 0.15) is 31.1 Å². The molecule has 3 rings (SSSR count). The number of hydrogen-bond donors (Lipinski definition) is 3. The van der Waals surface area contributed by atoms with Crippen LogP contribution in [0, 0.1) is 5.82 Å². The van der Waals surface area contributed by atoms with Gasteiger partial charge in [-0.2, -0.15) is 5.10 Å². The second-order valence-corrected chi connectivity index (χ2v) is 7.83. The van der Waals surface area contributed by atoms with E-state index >= 15 is 0 Å². The van der Waals surface area contributed by atoms with Crippen LogP contribution < -0.4 is 10.6 Å². The van der Waals surface area contributed by atoms with E-state index in [1.807, 2.05) is 32.9 Å². The van der Waals surface area contributed by atoms with Gasteiger partial charge in [0.25, 0.3) is 5.91 Å². The summed E-state index contributed by atoms with van der Waals surface area (Å²) in [5, 5.41) is 13.5. The van der Waals surface area contributed by atoms with Gasteiger partial charge in [0, 0.05) is 16.7 Å². The minimum atomic E-state index is -0.486. The highest BCUT2D eigenvalue weighted by Gasteiger charge is 2.16. The second-order valence-electron chi connectivity index (χ2n) is 7.39. The summed E-state index contributed by atoms with van der Waals surface area (Å²) < 4.78 is 13.4. The van der Waals surface area contributed by atoms with Gasteiger partial charge < -0.3 is 5.32 Å². The van der Waals surface area contributed by atoms with Crippen molar-refractivity contribution in [3.63, 3.8) is 0 Å². The topological polar surface area (TPSA) is 82.2 Å². The Balaban J connectivity index is 1.80. The number of carbonyl (C=O) groups is 1. The monoisotopic (exact) mass is 413 g/mol. The molecular formula is C21H21ClFN5O. The molecular weight excluding hydrogens is 393 g/mol. The van der Waals surface area contributed by atoms with Crippen LogP contribution >= 0.6 is 11.6 Å². The molecule has 29 heavy (non-hydrogen) atoms. The van der Waals surface area contributed by atoms with Crippen LogP contribution in [0.15, 0.2) is 59.6 Å². The Bertz CT molecular complexity index is 1040. The lowest BCUT2D eigenvalue weighted by Gasteiger charge is -2.17. The van der Waals surface area contributed by atoms with E-state index in [1.165, 1.54) is 18.2 Å². The number of nitrogens with zero attached hydrogens (tertiary/aromatic N) is 2. The number of H-pyrrole nitrogens is 1. The number of halogens is 2. The highest BCUT2D eigenvalue weighted by atomic mass is 35.5. The number of benzene rings is 2. The molecule has 0 unspecified atom stereocenters. The number of aromatic amines is 1. The molecule has 0 atom stereocenters. The zero-order valence-corrected chi connectivity index (χ0v) is 17.0. The van der Waals surface area contributed by atoms with Crippen LogP contribution in [-0.4, -0.2) is 27.6 Å². The average molecular weight is 414 g/mol. The van der Waals surface area contributed by atoms with Crippen molar-refractivity contribution < 1.29 is 9.18 Å². The maximum Gasteiger partial charge on any atom is 0.258 e. The fraction of sp³-hybridized carbons (Fsp3) is 0.190. The molecule has 0 aliphatic carbocycles. The molecule has 3 aromatic rings. The lowest BCUT2D eigenvalue weighted by atomic mass is 10.1. The number of rotatable bonds is 3. The van der Waals surface area contributed by atoms with Gasteiger partial charge >= 0.3 is 0 Å². The quantitative estimate of drug-likeness (QED) is 0.423. The molecule has 150 valence electrons. The molecule has 0 fully saturated rings. The Morgan fingerprint density at radius 2 is 1.86 bits per heavy atom. The van der Waals surface area contributed by atoms with Crippen LogP contribution in [-0.2, 0) is 0 Å². The molecule has 0 aliphatic heterocycles. The first-order valence-electron chi connectivity index (χ1n) is 8.95. The Kier molecular flexibility index (Phi) is 5.98. The van der Waals surface area contributed by atoms with E-state index in [4.69, 9.17) is 11.6 Å². The lowest BCUT2D eigenvalue weighted by molar-refractivity contribution is 0.0976. The SMILES string of the molecule is CC(C)(C)N=C(NC(=O)c1cccc(F)c1)Nc1cc(-c2ccc(Cl)cc2)[nH]n1. The van der Waals surface area contributed by atoms with Gasteiger partial charge in [-0.3, -0.25) is 15.2 Å². The summed E-state index contributed by atoms with van der Waals surface area (Å²) in [5.74, 6) is -0.285. The third-order valence-electron chi connectivity index (χ3n) is 3.75. The molecule has 6 nitrogen and oxygen atoms in total. The van der Waals surface area contributed by atoms with Crippen LogP contribution in [0.4, 0.5) is 10.2 Å². The number of aliphatic imine (C=N–C) groups is 1. The summed E-state index contributed by atoms with van der Waals surface area (Å²) in [6, 6.07) is 14.6. The Labute approximate surface area is 173 Å². The minimum absolute atomic E-state index is 0.192. The van der Waals surface area contributed by atoms with Gasteiger partial charge in [-0.05, 0) is 56.7 Å². The summed E-state index contributed by atoms with van der Waals surface area (Å²) >= 11 is 5.93. The molecule has 2 aromatic carbocycles. The first kappa shape index (κ1) is 20.5. The molecule has 0 radical (unpaired) electrons. The minimum Gasteiger partial charge on any atom is -0.309 e. The fourth-order valence-corrected chi connectivity index (χ4v) is 2.64. The standard InChI is InChI=1S/C21H21ClFN5O/c1-21(2,3)26-20(25-19(29)14-5-4-6-16(23)11-14)24-18-12-17(27-28-18)13-7-9-15(22)10-8-13/h4-12H,1-3H3,(H3,24,25,26,27,28,29). The number of guanidine groups is 1. The van der Waals surface area contributed by atoms with E-state index in [0.717, 1.165) is 17.3 Å². The van der Waals surface area contributed by atoms with Gasteiger partial charge in [-0.25, -0.2) is 9.38 Å². The van der Waals surface area contributed by atoms with Crippen LogP contribution in [0.3, 0.4) is 0 Å². The van der Waals surface area contributed by atoms with Gasteiger partial charge in [0.2, 0.25) is 5.96 Å². The van der Waals surface area contributed by atoms with Crippen molar-refractivity contribution >= 4 is 29.3 Å². The van der Waals surface area contributed by atoms with E-state index in [2.05, 4.69) is 25.8 Å². The zero-order chi connectivity index (χ0) is 21.0. The summed E-state index contributed by atoms with van der Waals surface area (Å²) in [5.41, 5.74) is 1.41. The number of aromatic nitrogens is 2. The van der Waals surface area contributed by atoms with Gasteiger partial charge in [0.05, 0.1) is 11.2 Å². The first-order valence-corrected chi connectivity index (χ1v) is 9.32. The molecule has 3 N–H and O–H groups in total. The van der Waals surface area contributed by atoms with Gasteiger partial charge in [0.1, 0.15) is 5.82 Å². The second kappa shape index (κ2) is 8.45. The molecule has 0 saturated carbocycles. The number of nitrogens with one attached hydrogen (secondary N) is 3. The van der Waals surface area contributed by atoms with E-state index in [1.54, 1.807) is 18.2 Å². The van der Waals surface area contributed by atoms with Crippen molar-refractivity contribution in [2.24, 2.45) is 4.99 Å². The summed E-state index contributed by atoms with van der Waals surface area (Å²) in [4.78, 5) is 17.0. The predicted octanol–water partition coefficient (Wildman–Crippen LogP) is 4.87. The van der Waals surface area contributed by atoms with Crippen molar-refractivity contribution in [2.45, 2.75) is 26.3 Å². The van der Waals surface area contributed by atoms with Crippen LogP contribution in [0.25, 0.3) is 11.3 Å². The number of carbonyl (C=O) groups excluding carboxylic acids is 1. The van der Waals surface area contributed by atoms with Crippen molar-refractivity contribution in [1.29, 1.82) is 0 Å². The fourth-order valence-electron chi connectivity index (χ4n) is 2.52. The van der Waals surface area contributed by atoms with Crippen molar-refractivity contribution in [3.05, 3.63) is 71.0 Å². The zero-order valence-electron chi connectivity index (χ0n) is 16.3. The normalized spacial score (nSPS) is 12.0. The predicted molar refractivity (Wildman–Crippen MR) is 114 cm³/mol. The first-order chi connectivity index (χ1) is 13.7. The molecule has 0 saturated heterocycles. The molecule has 1 amide bonds. The largest absolute Gasteiger partial charge is 0.309 e. The van der Waals surface area contributed by atoms with Crippen LogP contribution in [0.5, 0.6) is 0 Å². The maximum absolute atomic E-state index is 13.4. The molecule has 0 aliphatic rings. The highest BCUT2D eigenvalue weighted by molar-refractivity contribution is 6.30. The smallest absolute Gasteiger partial charge is 0.258 e. The molecule has 1 aromatic heterocycles. The number of hydrogen-bond acceptors (Lipinski definition) is 3. The summed E-state index contributed by atoms with van der Waals surface area (Å²) in [6.07, 6.45) is 0. The molecule has 0 spiro atoms. The number of amides is 1. The summed E-state index contributed by atoms with van der Waals surface area (Å²) in [6.45, 7) is 5.69. The summed E-state index contributed by atoms with van der Waals surface area (Å²) in [7, 11) is 0. The Hall–Kier alpha value is -3.19. The molecule has 8 heteroatoms. The van der Waals surface area contributed by atoms with Gasteiger partial charge in [-0.15, -0.1) is 0 Å². The molecule has 1 heterocycles. The Morgan fingerprint density at radius 3 is 2.52 bits per heavy atom. The lowest BCUT2D eigenvalue weighted by Crippen LogP contribution is -2.38. The maximum atomic E-state index is 13.4. The third-order valence-corrected chi connectivity index (χ3v) is 4.00. The van der Waals surface area contributed by atoms with Crippen LogP contribution in [0.2, 0.25) is 5.02 Å². The van der Waals surface area contributed by atoms with Crippen molar-refractivity contribution in [2.75, 3.05) is 5.32 Å². The van der Waals surface area contributed by atoms with E-state index in [9.17, 15) is 9.18 Å². The van der Waals surface area contributed by atoms with E-state index in [-0.39, 0.29) is 11.5 Å². The van der Waals surface area contributed by atoms with E-state index in [0.29, 0.717) is 10.8 Å². The molecule has 0 bridgehead atoms. The average Bonchev–Trinajstić information content (AvgIpc) is 3.09. The number of anilines is 1. The van der Waals surface area contributed by atoms with Crippen molar-refractivity contribution in [1.82, 2.24) is 15.5 Å². The van der Waals surface area contributed by atoms with Gasteiger partial charge in [0.15, 0.2) is 5.82 Å². The van der Waals surface area contributed by atoms with Gasteiger partial charge in [-0.1, -0.05) is 29.8 Å². The highest BCUT2D eigenvalue weighted by Crippen LogP contribution is 2.22. The van der Waals surface area contributed by atoms with Crippen molar-refractivity contribution in [3.8, 4) is 11.3 Å². The van der Waals surface area contributed by atoms with E-state index < -0.39 is 17.3 Å². The third kappa shape index (κ3) is 5.89.